The molecular weight excluding hydrogens is 276 g/mol. The van der Waals surface area contributed by atoms with Crippen LogP contribution in [-0.4, -0.2) is 22.0 Å². The molecule has 0 unspecified atom stereocenters. The number of amides is 1. The fourth-order valence-corrected chi connectivity index (χ4v) is 2.61. The van der Waals surface area contributed by atoms with Crippen LogP contribution in [0.2, 0.25) is 0 Å². The van der Waals surface area contributed by atoms with Crippen molar-refractivity contribution in [1.82, 2.24) is 14.9 Å². The van der Waals surface area contributed by atoms with Gasteiger partial charge in [-0.1, -0.05) is 0 Å². The van der Waals surface area contributed by atoms with E-state index in [1.165, 1.54) is 0 Å². The second-order valence-corrected chi connectivity index (χ2v) is 5.23. The monoisotopic (exact) mass is 291 g/mol. The fourth-order valence-electron chi connectivity index (χ4n) is 2.61. The van der Waals surface area contributed by atoms with Gasteiger partial charge in [0.25, 0.3) is 5.91 Å². The van der Waals surface area contributed by atoms with Gasteiger partial charge in [-0.05, 0) is 24.5 Å². The minimum atomic E-state index is -0.840. The molecule has 21 heavy (non-hydrogen) atoms. The number of hydrogen-bond donors (Lipinski definition) is 1. The molecule has 0 fully saturated rings. The van der Waals surface area contributed by atoms with Crippen LogP contribution in [0.15, 0.2) is 30.6 Å². The maximum absolute atomic E-state index is 13.5. The van der Waals surface area contributed by atoms with E-state index in [1.54, 1.807) is 6.20 Å². The zero-order valence-electron chi connectivity index (χ0n) is 11.4. The summed E-state index contributed by atoms with van der Waals surface area (Å²) in [7, 11) is 0. The van der Waals surface area contributed by atoms with Crippen LogP contribution in [-0.2, 0) is 13.0 Å². The lowest BCUT2D eigenvalue weighted by molar-refractivity contribution is 0.0939. The molecule has 2 aromatic rings. The summed E-state index contributed by atoms with van der Waals surface area (Å²) in [6.07, 6.45) is 5.49. The molecule has 4 nitrogen and oxygen atoms in total. The normalized spacial score (nSPS) is 17.3. The number of nitrogens with zero attached hydrogens (tertiary/aromatic N) is 2. The third-order valence-electron chi connectivity index (χ3n) is 3.76. The van der Waals surface area contributed by atoms with E-state index < -0.39 is 17.5 Å². The molecule has 3 rings (SSSR count). The minimum absolute atomic E-state index is 0.129. The van der Waals surface area contributed by atoms with Crippen molar-refractivity contribution in [3.63, 3.8) is 0 Å². The van der Waals surface area contributed by atoms with Crippen LogP contribution in [0.3, 0.4) is 0 Å². The van der Waals surface area contributed by atoms with Crippen molar-refractivity contribution in [3.8, 4) is 0 Å². The van der Waals surface area contributed by atoms with Crippen molar-refractivity contribution in [1.29, 1.82) is 0 Å². The van der Waals surface area contributed by atoms with Crippen LogP contribution in [0.4, 0.5) is 8.78 Å². The summed E-state index contributed by atoms with van der Waals surface area (Å²) in [6, 6.07) is 2.96. The number of hydrogen-bond acceptors (Lipinski definition) is 2. The van der Waals surface area contributed by atoms with Gasteiger partial charge < -0.3 is 9.88 Å². The number of rotatable bonds is 3. The first-order chi connectivity index (χ1) is 10.1. The van der Waals surface area contributed by atoms with E-state index in [9.17, 15) is 13.6 Å². The summed E-state index contributed by atoms with van der Waals surface area (Å²) in [5, 5.41) is 2.72. The van der Waals surface area contributed by atoms with E-state index in [0.29, 0.717) is 18.5 Å². The lowest BCUT2D eigenvalue weighted by atomic mass is 9.99. The average molecular weight is 291 g/mol. The number of halogens is 2. The Balaban J connectivity index is 1.59. The third-order valence-corrected chi connectivity index (χ3v) is 3.76. The highest BCUT2D eigenvalue weighted by Crippen LogP contribution is 2.18. The number of imidazole rings is 1. The predicted octanol–water partition coefficient (Wildman–Crippen LogP) is 2.15. The molecule has 1 aliphatic heterocycles. The zero-order valence-corrected chi connectivity index (χ0v) is 11.4. The third kappa shape index (κ3) is 2.94. The summed E-state index contributed by atoms with van der Waals surface area (Å²) >= 11 is 0. The van der Waals surface area contributed by atoms with Gasteiger partial charge in [0.2, 0.25) is 0 Å². The Kier molecular flexibility index (Phi) is 3.68. The maximum atomic E-state index is 13.5. The van der Waals surface area contributed by atoms with Crippen LogP contribution < -0.4 is 5.32 Å². The maximum Gasteiger partial charge on any atom is 0.254 e. The summed E-state index contributed by atoms with van der Waals surface area (Å²) in [5.74, 6) is -0.692. The highest BCUT2D eigenvalue weighted by Gasteiger charge is 2.20. The van der Waals surface area contributed by atoms with Crippen molar-refractivity contribution in [3.05, 3.63) is 53.6 Å². The number of nitrogens with one attached hydrogen (secondary N) is 1. The molecule has 0 bridgehead atoms. The fraction of sp³-hybridized carbons (Fsp3) is 0.333. The van der Waals surface area contributed by atoms with Gasteiger partial charge in [-0.2, -0.15) is 0 Å². The van der Waals surface area contributed by atoms with Crippen LogP contribution in [0, 0.1) is 17.6 Å². The topological polar surface area (TPSA) is 46.9 Å². The van der Waals surface area contributed by atoms with Gasteiger partial charge in [-0.25, -0.2) is 13.8 Å². The van der Waals surface area contributed by atoms with Crippen LogP contribution >= 0.6 is 0 Å². The Morgan fingerprint density at radius 1 is 1.43 bits per heavy atom. The molecule has 1 N–H and O–H groups in total. The van der Waals surface area contributed by atoms with Crippen LogP contribution in [0.25, 0.3) is 0 Å². The molecule has 6 heteroatoms. The molecule has 110 valence electrons. The van der Waals surface area contributed by atoms with Crippen molar-refractivity contribution < 1.29 is 13.6 Å². The number of fused-ring (bicyclic) bond motifs is 1. The van der Waals surface area contributed by atoms with E-state index >= 15 is 0 Å². The van der Waals surface area contributed by atoms with Gasteiger partial charge in [0.15, 0.2) is 0 Å². The quantitative estimate of drug-likeness (QED) is 0.942. The first kappa shape index (κ1) is 13.7. The molecule has 0 saturated heterocycles. The largest absolute Gasteiger partial charge is 0.352 e. The first-order valence-electron chi connectivity index (χ1n) is 6.87. The molecule has 2 heterocycles. The highest BCUT2D eigenvalue weighted by molar-refractivity contribution is 5.94. The molecular formula is C15H15F2N3O. The summed E-state index contributed by atoms with van der Waals surface area (Å²) in [5.41, 5.74) is -0.129. The molecule has 1 aromatic carbocycles. The summed E-state index contributed by atoms with van der Waals surface area (Å²) in [4.78, 5) is 16.2. The minimum Gasteiger partial charge on any atom is -0.352 e. The number of aryl methyl sites for hydroxylation is 1. The Morgan fingerprint density at radius 3 is 3.10 bits per heavy atom. The van der Waals surface area contributed by atoms with E-state index in [2.05, 4.69) is 14.9 Å². The predicted molar refractivity (Wildman–Crippen MR) is 72.7 cm³/mol. The van der Waals surface area contributed by atoms with Gasteiger partial charge in [0.05, 0.1) is 5.56 Å². The second-order valence-electron chi connectivity index (χ2n) is 5.23. The molecule has 0 saturated carbocycles. The lowest BCUT2D eigenvalue weighted by Gasteiger charge is -2.24. The Morgan fingerprint density at radius 2 is 2.29 bits per heavy atom. The van der Waals surface area contributed by atoms with Crippen molar-refractivity contribution >= 4 is 5.91 Å². The second kappa shape index (κ2) is 5.63. The molecule has 0 radical (unpaired) electrons. The highest BCUT2D eigenvalue weighted by atomic mass is 19.1. The van der Waals surface area contributed by atoms with Gasteiger partial charge in [-0.3, -0.25) is 4.79 Å². The molecule has 1 atom stereocenters. The van der Waals surface area contributed by atoms with Gasteiger partial charge >= 0.3 is 0 Å². The van der Waals surface area contributed by atoms with E-state index in [4.69, 9.17) is 0 Å². The zero-order chi connectivity index (χ0) is 14.8. The number of carbonyl (C=O) groups excluding carboxylic acids is 1. The van der Waals surface area contributed by atoms with Gasteiger partial charge in [0.1, 0.15) is 17.5 Å². The van der Waals surface area contributed by atoms with Gasteiger partial charge in [0, 0.05) is 38.0 Å². The van der Waals surface area contributed by atoms with Crippen molar-refractivity contribution in [2.24, 2.45) is 5.92 Å². The molecule has 1 amide bonds. The first-order valence-corrected chi connectivity index (χ1v) is 6.87. The Labute approximate surface area is 120 Å². The Hall–Kier alpha value is -2.24. The number of benzene rings is 1. The lowest BCUT2D eigenvalue weighted by Crippen LogP contribution is -2.34. The summed E-state index contributed by atoms with van der Waals surface area (Å²) < 4.78 is 28.4. The Bertz CT molecular complexity index is 669. The van der Waals surface area contributed by atoms with Crippen molar-refractivity contribution in [2.45, 2.75) is 19.4 Å². The van der Waals surface area contributed by atoms with E-state index in [0.717, 1.165) is 37.3 Å². The molecule has 0 spiro atoms. The number of carbonyl (C=O) groups is 1. The van der Waals surface area contributed by atoms with E-state index in [-0.39, 0.29) is 5.56 Å². The number of aromatic nitrogens is 2. The molecule has 1 aliphatic rings. The van der Waals surface area contributed by atoms with Crippen LogP contribution in [0.1, 0.15) is 22.6 Å². The summed E-state index contributed by atoms with van der Waals surface area (Å²) in [6.45, 7) is 1.26. The average Bonchev–Trinajstić information content (AvgIpc) is 2.92. The van der Waals surface area contributed by atoms with E-state index in [1.807, 2.05) is 6.20 Å². The molecule has 0 aliphatic carbocycles. The standard InChI is InChI=1S/C15H15F2N3O/c16-11-2-3-12(13(17)7-11)15(21)19-8-10-1-4-14-18-5-6-20(14)9-10/h2-3,5-7,10H,1,4,8-9H2,(H,19,21)/t10-/m1/s1. The van der Waals surface area contributed by atoms with Crippen molar-refractivity contribution in [2.75, 3.05) is 6.54 Å². The smallest absolute Gasteiger partial charge is 0.254 e. The van der Waals surface area contributed by atoms with Gasteiger partial charge in [-0.15, -0.1) is 0 Å². The van der Waals surface area contributed by atoms with Crippen LogP contribution in [0.5, 0.6) is 0 Å². The molecule has 1 aromatic heterocycles. The SMILES string of the molecule is O=C(NC[C@H]1CCc2nccn2C1)c1ccc(F)cc1F.